The zero-order chi connectivity index (χ0) is 25.8. The number of aromatic nitrogens is 2. The second-order valence-electron chi connectivity index (χ2n) is 8.81. The predicted molar refractivity (Wildman–Crippen MR) is 144 cm³/mol. The molecule has 7 heteroatoms. The number of nitrogens with zero attached hydrogens (tertiary/aromatic N) is 3. The molecule has 0 fully saturated rings. The van der Waals surface area contributed by atoms with Crippen LogP contribution < -0.4 is 5.32 Å². The van der Waals surface area contributed by atoms with Gasteiger partial charge in [0, 0.05) is 49.4 Å². The van der Waals surface area contributed by atoms with E-state index < -0.39 is 0 Å². The third-order valence-corrected chi connectivity index (χ3v) is 5.91. The van der Waals surface area contributed by atoms with Crippen LogP contribution in [0.2, 0.25) is 0 Å². The molecule has 0 aliphatic heterocycles. The summed E-state index contributed by atoms with van der Waals surface area (Å²) in [4.78, 5) is 26.2. The largest absolute Gasteiger partial charge is 0.454 e. The summed E-state index contributed by atoms with van der Waals surface area (Å²) in [6.07, 6.45) is 5.10. The second kappa shape index (κ2) is 10.4. The minimum Gasteiger partial charge on any atom is -0.454 e. The lowest BCUT2D eigenvalue weighted by molar-refractivity contribution is -0.116. The first-order chi connectivity index (χ1) is 18.0. The van der Waals surface area contributed by atoms with Gasteiger partial charge >= 0.3 is 0 Å². The van der Waals surface area contributed by atoms with Crippen LogP contribution in [0.5, 0.6) is 0 Å². The van der Waals surface area contributed by atoms with Crippen molar-refractivity contribution in [2.24, 2.45) is 0 Å². The molecule has 2 heterocycles. The van der Waals surface area contributed by atoms with Crippen LogP contribution in [0.1, 0.15) is 21.5 Å². The van der Waals surface area contributed by atoms with Gasteiger partial charge in [-0.15, -0.1) is 0 Å². The lowest BCUT2D eigenvalue weighted by Crippen LogP contribution is -2.22. The standard InChI is InChI=1S/C30H26N4O3/c1-33(2)30(36)22-14-12-21(13-15-22)19-31-28(35)17-16-24-20-34(25-9-4-3-5-10-25)32-29(24)27-18-23-8-6-7-11-26(23)37-27/h3-18,20H,19H2,1-2H3,(H,31,35)/b17-16+. The molecular weight excluding hydrogens is 464 g/mol. The highest BCUT2D eigenvalue weighted by atomic mass is 16.3. The Morgan fingerprint density at radius 2 is 1.70 bits per heavy atom. The summed E-state index contributed by atoms with van der Waals surface area (Å²) >= 11 is 0. The molecule has 0 unspecified atom stereocenters. The Labute approximate surface area is 214 Å². The van der Waals surface area contributed by atoms with Gasteiger partial charge in [0.1, 0.15) is 11.3 Å². The first kappa shape index (κ1) is 23.8. The highest BCUT2D eigenvalue weighted by Crippen LogP contribution is 2.30. The van der Waals surface area contributed by atoms with Crippen LogP contribution in [0.25, 0.3) is 34.2 Å². The second-order valence-corrected chi connectivity index (χ2v) is 8.81. The third-order valence-electron chi connectivity index (χ3n) is 5.91. The highest BCUT2D eigenvalue weighted by Gasteiger charge is 2.15. The SMILES string of the molecule is CN(C)C(=O)c1ccc(CNC(=O)/C=C/c2cn(-c3ccccc3)nc2-c2cc3ccccc3o2)cc1. The maximum absolute atomic E-state index is 12.6. The fourth-order valence-corrected chi connectivity index (χ4v) is 3.95. The third kappa shape index (κ3) is 5.36. The first-order valence-corrected chi connectivity index (χ1v) is 11.9. The summed E-state index contributed by atoms with van der Waals surface area (Å²) < 4.78 is 7.83. The van der Waals surface area contributed by atoms with Crippen LogP contribution in [-0.4, -0.2) is 40.6 Å². The van der Waals surface area contributed by atoms with Gasteiger partial charge in [-0.25, -0.2) is 4.68 Å². The fourth-order valence-electron chi connectivity index (χ4n) is 3.95. The molecule has 0 aliphatic carbocycles. The molecule has 5 rings (SSSR count). The highest BCUT2D eigenvalue weighted by molar-refractivity contribution is 5.94. The number of carbonyl (C=O) groups is 2. The van der Waals surface area contributed by atoms with E-state index in [0.717, 1.165) is 27.8 Å². The molecule has 184 valence electrons. The van der Waals surface area contributed by atoms with Crippen LogP contribution in [0.3, 0.4) is 0 Å². The molecule has 0 spiro atoms. The van der Waals surface area contributed by atoms with E-state index in [1.807, 2.05) is 79.0 Å². The van der Waals surface area contributed by atoms with Crippen LogP contribution >= 0.6 is 0 Å². The van der Waals surface area contributed by atoms with Crippen molar-refractivity contribution in [1.29, 1.82) is 0 Å². The van der Waals surface area contributed by atoms with Crippen molar-refractivity contribution in [3.05, 3.63) is 114 Å². The lowest BCUT2D eigenvalue weighted by atomic mass is 10.1. The Morgan fingerprint density at radius 1 is 0.973 bits per heavy atom. The normalized spacial score (nSPS) is 11.2. The van der Waals surface area contributed by atoms with Crippen molar-refractivity contribution in [2.45, 2.75) is 6.54 Å². The van der Waals surface area contributed by atoms with Gasteiger partial charge in [-0.3, -0.25) is 9.59 Å². The van der Waals surface area contributed by atoms with Crippen molar-refractivity contribution >= 4 is 28.9 Å². The Bertz CT molecular complexity index is 1550. The van der Waals surface area contributed by atoms with Crippen molar-refractivity contribution < 1.29 is 14.0 Å². The number of para-hydroxylation sites is 2. The molecule has 5 aromatic rings. The Balaban J connectivity index is 1.35. The molecule has 0 saturated carbocycles. The van der Waals surface area contributed by atoms with Gasteiger partial charge in [-0.1, -0.05) is 48.5 Å². The smallest absolute Gasteiger partial charge is 0.253 e. The number of nitrogens with one attached hydrogen (secondary N) is 1. The Hall–Kier alpha value is -4.91. The molecule has 0 atom stereocenters. The number of carbonyl (C=O) groups excluding carboxylic acids is 2. The molecule has 2 amide bonds. The maximum Gasteiger partial charge on any atom is 0.253 e. The van der Waals surface area contributed by atoms with E-state index in [9.17, 15) is 9.59 Å². The quantitative estimate of drug-likeness (QED) is 0.313. The summed E-state index contributed by atoms with van der Waals surface area (Å²) in [6, 6.07) is 26.7. The Morgan fingerprint density at radius 3 is 2.43 bits per heavy atom. The molecule has 1 N–H and O–H groups in total. The van der Waals surface area contributed by atoms with E-state index in [1.54, 1.807) is 37.0 Å². The molecule has 37 heavy (non-hydrogen) atoms. The van der Waals surface area contributed by atoms with Gasteiger partial charge in [-0.05, 0) is 48.0 Å². The van der Waals surface area contributed by atoms with Gasteiger partial charge < -0.3 is 14.6 Å². The van der Waals surface area contributed by atoms with E-state index in [4.69, 9.17) is 9.52 Å². The molecule has 3 aromatic carbocycles. The van der Waals surface area contributed by atoms with Gasteiger partial charge in [0.05, 0.1) is 5.69 Å². The minimum absolute atomic E-state index is 0.0603. The molecular formula is C30H26N4O3. The van der Waals surface area contributed by atoms with Crippen molar-refractivity contribution in [3.8, 4) is 17.1 Å². The van der Waals surface area contributed by atoms with Gasteiger partial charge in [0.15, 0.2) is 5.76 Å². The van der Waals surface area contributed by atoms with E-state index in [2.05, 4.69) is 5.32 Å². The number of fused-ring (bicyclic) bond motifs is 1. The molecule has 7 nitrogen and oxygen atoms in total. The average Bonchev–Trinajstić information content (AvgIpc) is 3.55. The summed E-state index contributed by atoms with van der Waals surface area (Å²) in [5.41, 5.74) is 4.58. The molecule has 0 bridgehead atoms. The lowest BCUT2D eigenvalue weighted by Gasteiger charge is -2.10. The topological polar surface area (TPSA) is 80.4 Å². The summed E-state index contributed by atoms with van der Waals surface area (Å²) in [7, 11) is 3.43. The number of furan rings is 1. The molecule has 2 aromatic heterocycles. The van der Waals surface area contributed by atoms with Crippen LogP contribution in [0.4, 0.5) is 0 Å². The van der Waals surface area contributed by atoms with E-state index in [-0.39, 0.29) is 11.8 Å². The number of benzene rings is 3. The minimum atomic E-state index is -0.239. The number of hydrogen-bond acceptors (Lipinski definition) is 4. The predicted octanol–water partition coefficient (Wildman–Crippen LogP) is 5.32. The maximum atomic E-state index is 12.6. The van der Waals surface area contributed by atoms with E-state index in [1.165, 1.54) is 11.0 Å². The Kier molecular flexibility index (Phi) is 6.68. The molecule has 0 aliphatic rings. The number of amides is 2. The van der Waals surface area contributed by atoms with Crippen molar-refractivity contribution in [3.63, 3.8) is 0 Å². The van der Waals surface area contributed by atoms with Gasteiger partial charge in [0.25, 0.3) is 5.91 Å². The zero-order valence-electron chi connectivity index (χ0n) is 20.6. The molecule has 0 saturated heterocycles. The van der Waals surface area contributed by atoms with Gasteiger partial charge in [-0.2, -0.15) is 5.10 Å². The van der Waals surface area contributed by atoms with E-state index in [0.29, 0.717) is 23.6 Å². The molecule has 0 radical (unpaired) electrons. The fraction of sp³-hybridized carbons (Fsp3) is 0.100. The number of hydrogen-bond donors (Lipinski definition) is 1. The summed E-state index contributed by atoms with van der Waals surface area (Å²) in [5, 5.41) is 8.63. The van der Waals surface area contributed by atoms with Crippen LogP contribution in [0, 0.1) is 0 Å². The van der Waals surface area contributed by atoms with Gasteiger partial charge in [0.2, 0.25) is 5.91 Å². The van der Waals surface area contributed by atoms with Crippen LogP contribution in [-0.2, 0) is 11.3 Å². The van der Waals surface area contributed by atoms with Crippen molar-refractivity contribution in [2.75, 3.05) is 14.1 Å². The first-order valence-electron chi connectivity index (χ1n) is 11.9. The number of rotatable bonds is 7. The summed E-state index contributed by atoms with van der Waals surface area (Å²) in [6.45, 7) is 0.347. The zero-order valence-corrected chi connectivity index (χ0v) is 20.6. The van der Waals surface area contributed by atoms with Crippen molar-refractivity contribution in [1.82, 2.24) is 20.0 Å². The summed E-state index contributed by atoms with van der Waals surface area (Å²) in [5.74, 6) is 0.328. The van der Waals surface area contributed by atoms with Crippen LogP contribution in [0.15, 0.2) is 102 Å². The van der Waals surface area contributed by atoms with E-state index >= 15 is 0 Å². The monoisotopic (exact) mass is 490 g/mol. The average molecular weight is 491 g/mol.